The van der Waals surface area contributed by atoms with E-state index in [0.29, 0.717) is 6.42 Å². The van der Waals surface area contributed by atoms with Gasteiger partial charge >= 0.3 is 11.9 Å². The highest BCUT2D eigenvalue weighted by atomic mass is 17.2. The van der Waals surface area contributed by atoms with E-state index in [0.717, 1.165) is 19.3 Å². The summed E-state index contributed by atoms with van der Waals surface area (Å²) in [5.74, 6) is -1.06. The molecule has 0 saturated heterocycles. The molecule has 0 unspecified atom stereocenters. The second-order valence-corrected chi connectivity index (χ2v) is 7.73. The van der Waals surface area contributed by atoms with Gasteiger partial charge in [-0.2, -0.15) is 0 Å². The van der Waals surface area contributed by atoms with Gasteiger partial charge in [-0.3, -0.25) is 0 Å². The molecule has 0 heterocycles. The largest absolute Gasteiger partial charge is 0.355 e. The lowest BCUT2D eigenvalue weighted by atomic mass is 10.0. The SMILES string of the molecule is CCCC.CCCCCCCCCCCCCCCCCC(=O)OOC(C)=O. The van der Waals surface area contributed by atoms with E-state index in [1.807, 2.05) is 0 Å². The average Bonchev–Trinajstić information content (AvgIpc) is 2.69. The summed E-state index contributed by atoms with van der Waals surface area (Å²) < 4.78 is 0. The molecule has 0 spiro atoms. The zero-order chi connectivity index (χ0) is 21.3. The standard InChI is InChI=1S/C20H38O4.C4H10/c1-3-4-5-6-7-8-9-10-11-12-13-14-15-16-17-18-20(22)24-23-19(2)21;1-3-4-2/h3-18H2,1-2H3;3-4H2,1-2H3. The summed E-state index contributed by atoms with van der Waals surface area (Å²) in [5.41, 5.74) is 0. The number of hydrogen-bond acceptors (Lipinski definition) is 4. The summed E-state index contributed by atoms with van der Waals surface area (Å²) in [7, 11) is 0. The number of carbonyl (C=O) groups excluding carboxylic acids is 2. The summed E-state index contributed by atoms with van der Waals surface area (Å²) in [6.07, 6.45) is 22.4. The average molecular weight is 401 g/mol. The molecule has 0 aromatic carbocycles. The molecule has 0 radical (unpaired) electrons. The molecule has 4 nitrogen and oxygen atoms in total. The molecule has 0 aromatic heterocycles. The van der Waals surface area contributed by atoms with Crippen LogP contribution in [0, 0.1) is 0 Å². The number of rotatable bonds is 17. The van der Waals surface area contributed by atoms with Gasteiger partial charge in [-0.1, -0.05) is 124 Å². The minimum atomic E-state index is -0.597. The van der Waals surface area contributed by atoms with Crippen LogP contribution in [0.5, 0.6) is 0 Å². The maximum absolute atomic E-state index is 11.2. The van der Waals surface area contributed by atoms with E-state index in [2.05, 4.69) is 30.5 Å². The molecule has 0 aromatic rings. The fraction of sp³-hybridized carbons (Fsp3) is 0.917. The second-order valence-electron chi connectivity index (χ2n) is 7.73. The Balaban J connectivity index is 0. The van der Waals surface area contributed by atoms with Crippen LogP contribution in [0.1, 0.15) is 143 Å². The van der Waals surface area contributed by atoms with Gasteiger partial charge in [0.2, 0.25) is 0 Å². The Morgan fingerprint density at radius 2 is 0.857 bits per heavy atom. The highest BCUT2D eigenvalue weighted by molar-refractivity contribution is 5.71. The highest BCUT2D eigenvalue weighted by Crippen LogP contribution is 2.13. The summed E-state index contributed by atoms with van der Waals surface area (Å²) in [6, 6.07) is 0. The molecule has 0 N–H and O–H groups in total. The van der Waals surface area contributed by atoms with Gasteiger partial charge in [0.1, 0.15) is 0 Å². The lowest BCUT2D eigenvalue weighted by Crippen LogP contribution is -2.08. The normalized spacial score (nSPS) is 10.1. The van der Waals surface area contributed by atoms with Crippen LogP contribution < -0.4 is 0 Å². The van der Waals surface area contributed by atoms with Crippen LogP contribution in [0.15, 0.2) is 0 Å². The maximum atomic E-state index is 11.2. The lowest BCUT2D eigenvalue weighted by molar-refractivity contribution is -0.257. The van der Waals surface area contributed by atoms with Crippen LogP contribution in [0.4, 0.5) is 0 Å². The third-order valence-corrected chi connectivity index (χ3v) is 4.74. The van der Waals surface area contributed by atoms with E-state index >= 15 is 0 Å². The van der Waals surface area contributed by atoms with Gasteiger partial charge in [-0.25, -0.2) is 19.4 Å². The van der Waals surface area contributed by atoms with E-state index in [9.17, 15) is 9.59 Å². The molecule has 0 atom stereocenters. The Kier molecular flexibility index (Phi) is 27.0. The fourth-order valence-electron chi connectivity index (χ4n) is 2.79. The molecular weight excluding hydrogens is 352 g/mol. The van der Waals surface area contributed by atoms with Gasteiger partial charge in [0, 0.05) is 6.92 Å². The molecule has 0 rings (SSSR count). The Labute approximate surface area is 175 Å². The summed E-state index contributed by atoms with van der Waals surface area (Å²) in [5, 5.41) is 0. The molecule has 4 heteroatoms. The van der Waals surface area contributed by atoms with Gasteiger partial charge in [0.15, 0.2) is 0 Å². The highest BCUT2D eigenvalue weighted by Gasteiger charge is 2.05. The Morgan fingerprint density at radius 1 is 0.500 bits per heavy atom. The molecule has 0 aliphatic heterocycles. The van der Waals surface area contributed by atoms with E-state index < -0.39 is 11.9 Å². The molecule has 0 aliphatic rings. The lowest BCUT2D eigenvalue weighted by Gasteiger charge is -2.03. The van der Waals surface area contributed by atoms with Crippen molar-refractivity contribution in [2.45, 2.75) is 143 Å². The van der Waals surface area contributed by atoms with Crippen LogP contribution in [0.25, 0.3) is 0 Å². The van der Waals surface area contributed by atoms with Gasteiger partial charge < -0.3 is 0 Å². The first-order chi connectivity index (χ1) is 13.6. The van der Waals surface area contributed by atoms with Crippen molar-refractivity contribution in [1.82, 2.24) is 0 Å². The van der Waals surface area contributed by atoms with Crippen molar-refractivity contribution in [1.29, 1.82) is 0 Å². The Hall–Kier alpha value is -1.06. The monoisotopic (exact) mass is 400 g/mol. The summed E-state index contributed by atoms with van der Waals surface area (Å²) in [4.78, 5) is 30.2. The predicted octanol–water partition coefficient (Wildman–Crippen LogP) is 8.08. The zero-order valence-corrected chi connectivity index (χ0v) is 19.4. The quantitative estimate of drug-likeness (QED) is 0.141. The third kappa shape index (κ3) is 29.7. The van der Waals surface area contributed by atoms with Gasteiger partial charge in [0.25, 0.3) is 0 Å². The first-order valence-electron chi connectivity index (χ1n) is 12.0. The number of carbonyl (C=O) groups is 2. The van der Waals surface area contributed by atoms with Crippen LogP contribution in [-0.2, 0) is 19.4 Å². The predicted molar refractivity (Wildman–Crippen MR) is 118 cm³/mol. The molecule has 28 heavy (non-hydrogen) atoms. The van der Waals surface area contributed by atoms with Crippen molar-refractivity contribution < 1.29 is 19.4 Å². The first-order valence-corrected chi connectivity index (χ1v) is 12.0. The molecule has 0 amide bonds. The van der Waals surface area contributed by atoms with Gasteiger partial charge in [-0.05, 0) is 6.42 Å². The van der Waals surface area contributed by atoms with E-state index in [1.54, 1.807) is 0 Å². The molecule has 0 saturated carbocycles. The van der Waals surface area contributed by atoms with Crippen molar-refractivity contribution >= 4 is 11.9 Å². The van der Waals surface area contributed by atoms with Crippen molar-refractivity contribution in [3.63, 3.8) is 0 Å². The summed E-state index contributed by atoms with van der Waals surface area (Å²) >= 11 is 0. The van der Waals surface area contributed by atoms with E-state index in [-0.39, 0.29) is 0 Å². The third-order valence-electron chi connectivity index (χ3n) is 4.74. The van der Waals surface area contributed by atoms with Crippen molar-refractivity contribution in [2.24, 2.45) is 0 Å². The van der Waals surface area contributed by atoms with Gasteiger partial charge in [-0.15, -0.1) is 0 Å². The van der Waals surface area contributed by atoms with Crippen molar-refractivity contribution in [2.75, 3.05) is 0 Å². The minimum absolute atomic E-state index is 0.325. The summed E-state index contributed by atoms with van der Waals surface area (Å²) in [6.45, 7) is 7.83. The smallest absolute Gasteiger partial charge is 0.248 e. The second kappa shape index (κ2) is 25.9. The van der Waals surface area contributed by atoms with Crippen molar-refractivity contribution in [3.8, 4) is 0 Å². The van der Waals surface area contributed by atoms with E-state index in [1.165, 1.54) is 96.8 Å². The molecule has 168 valence electrons. The first kappa shape index (κ1) is 29.1. The molecule has 0 aliphatic carbocycles. The van der Waals surface area contributed by atoms with Crippen LogP contribution in [0.3, 0.4) is 0 Å². The van der Waals surface area contributed by atoms with Crippen LogP contribution in [0.2, 0.25) is 0 Å². The Bertz CT molecular complexity index is 327. The van der Waals surface area contributed by atoms with Crippen molar-refractivity contribution in [3.05, 3.63) is 0 Å². The molecule has 0 bridgehead atoms. The number of hydrogen-bond donors (Lipinski definition) is 0. The topological polar surface area (TPSA) is 52.6 Å². The minimum Gasteiger partial charge on any atom is -0.248 e. The molecule has 0 fully saturated rings. The Morgan fingerprint density at radius 3 is 1.18 bits per heavy atom. The van der Waals surface area contributed by atoms with Crippen LogP contribution in [-0.4, -0.2) is 11.9 Å². The zero-order valence-electron chi connectivity index (χ0n) is 19.4. The fourth-order valence-corrected chi connectivity index (χ4v) is 2.79. The van der Waals surface area contributed by atoms with E-state index in [4.69, 9.17) is 0 Å². The van der Waals surface area contributed by atoms with Gasteiger partial charge in [0.05, 0.1) is 6.42 Å². The maximum Gasteiger partial charge on any atom is 0.355 e. The van der Waals surface area contributed by atoms with Crippen LogP contribution >= 0.6 is 0 Å². The molecular formula is C24H48O4. The number of unbranched alkanes of at least 4 members (excludes halogenated alkanes) is 15.